The molecule has 0 N–H and O–H groups in total. The van der Waals surface area contributed by atoms with Crippen LogP contribution in [0, 0.1) is 0 Å². The normalized spacial score (nSPS) is 10.3. The second-order valence-corrected chi connectivity index (χ2v) is 4.74. The van der Waals surface area contributed by atoms with Crippen LogP contribution in [-0.4, -0.2) is 4.98 Å². The topological polar surface area (TPSA) is 12.9 Å². The van der Waals surface area contributed by atoms with Gasteiger partial charge in [0, 0.05) is 22.2 Å². The molecule has 0 aliphatic rings. The number of benzene rings is 1. The van der Waals surface area contributed by atoms with E-state index < -0.39 is 0 Å². The molecule has 0 radical (unpaired) electrons. The zero-order chi connectivity index (χ0) is 10.7. The fraction of sp³-hybridized carbons (Fsp3) is 0. The van der Waals surface area contributed by atoms with Crippen LogP contribution in [0.1, 0.15) is 0 Å². The standard InChI is InChI=1S/C11H7Cl2NS/c12-9-2-1-3-10(11(9)13)15-8-4-6-14-7-5-8/h1-7H. The molecule has 0 amide bonds. The number of pyridine rings is 1. The van der Waals surface area contributed by atoms with Crippen LogP contribution >= 0.6 is 35.0 Å². The monoisotopic (exact) mass is 255 g/mol. The Balaban J connectivity index is 2.29. The quantitative estimate of drug-likeness (QED) is 0.782. The van der Waals surface area contributed by atoms with Crippen LogP contribution in [-0.2, 0) is 0 Å². The molecule has 4 heteroatoms. The molecule has 0 fully saturated rings. The van der Waals surface area contributed by atoms with E-state index >= 15 is 0 Å². The van der Waals surface area contributed by atoms with Crippen molar-refractivity contribution in [2.75, 3.05) is 0 Å². The molecule has 1 aromatic heterocycles. The number of nitrogens with zero attached hydrogens (tertiary/aromatic N) is 1. The van der Waals surface area contributed by atoms with Gasteiger partial charge in [-0.15, -0.1) is 0 Å². The molecule has 0 saturated carbocycles. The van der Waals surface area contributed by atoms with Crippen LogP contribution < -0.4 is 0 Å². The molecule has 1 aromatic carbocycles. The smallest absolute Gasteiger partial charge is 0.0731 e. The number of hydrogen-bond acceptors (Lipinski definition) is 2. The zero-order valence-corrected chi connectivity index (χ0v) is 9.98. The molecular formula is C11H7Cl2NS. The summed E-state index contributed by atoms with van der Waals surface area (Å²) in [7, 11) is 0. The molecule has 0 bridgehead atoms. The molecule has 0 atom stereocenters. The van der Waals surface area contributed by atoms with Gasteiger partial charge in [0.15, 0.2) is 0 Å². The summed E-state index contributed by atoms with van der Waals surface area (Å²) in [4.78, 5) is 6.00. The molecule has 0 aliphatic heterocycles. The highest BCUT2D eigenvalue weighted by atomic mass is 35.5. The molecular weight excluding hydrogens is 249 g/mol. The predicted molar refractivity (Wildman–Crippen MR) is 64.8 cm³/mol. The van der Waals surface area contributed by atoms with Gasteiger partial charge in [0.25, 0.3) is 0 Å². The highest BCUT2D eigenvalue weighted by molar-refractivity contribution is 7.99. The van der Waals surface area contributed by atoms with E-state index in [2.05, 4.69) is 4.98 Å². The van der Waals surface area contributed by atoms with Crippen LogP contribution in [0.3, 0.4) is 0 Å². The molecule has 0 spiro atoms. The maximum absolute atomic E-state index is 6.07. The third-order valence-electron chi connectivity index (χ3n) is 1.79. The molecule has 1 nitrogen and oxygen atoms in total. The lowest BCUT2D eigenvalue weighted by atomic mass is 10.4. The van der Waals surface area contributed by atoms with Gasteiger partial charge in [-0.05, 0) is 24.3 Å². The van der Waals surface area contributed by atoms with Gasteiger partial charge in [-0.2, -0.15) is 0 Å². The van der Waals surface area contributed by atoms with Crippen LogP contribution in [0.2, 0.25) is 10.0 Å². The van der Waals surface area contributed by atoms with Crippen molar-refractivity contribution in [1.82, 2.24) is 4.98 Å². The van der Waals surface area contributed by atoms with Crippen LogP contribution in [0.15, 0.2) is 52.5 Å². The van der Waals surface area contributed by atoms with E-state index in [0.29, 0.717) is 10.0 Å². The summed E-state index contributed by atoms with van der Waals surface area (Å²) in [5, 5.41) is 1.18. The fourth-order valence-electron chi connectivity index (χ4n) is 1.10. The van der Waals surface area contributed by atoms with Gasteiger partial charge in [-0.25, -0.2) is 0 Å². The second kappa shape index (κ2) is 4.88. The van der Waals surface area contributed by atoms with Crippen molar-refractivity contribution in [1.29, 1.82) is 0 Å². The van der Waals surface area contributed by atoms with Crippen molar-refractivity contribution < 1.29 is 0 Å². The highest BCUT2D eigenvalue weighted by Gasteiger charge is 2.05. The molecule has 0 saturated heterocycles. The molecule has 1 heterocycles. The van der Waals surface area contributed by atoms with Crippen molar-refractivity contribution in [2.45, 2.75) is 9.79 Å². The summed E-state index contributed by atoms with van der Waals surface area (Å²) in [5.41, 5.74) is 0. The zero-order valence-electron chi connectivity index (χ0n) is 7.65. The molecule has 76 valence electrons. The molecule has 0 unspecified atom stereocenters. The molecule has 15 heavy (non-hydrogen) atoms. The lowest BCUT2D eigenvalue weighted by Gasteiger charge is -2.04. The Hall–Kier alpha value is -0.700. The van der Waals surface area contributed by atoms with Gasteiger partial charge < -0.3 is 0 Å². The van der Waals surface area contributed by atoms with E-state index in [1.165, 1.54) is 0 Å². The SMILES string of the molecule is Clc1cccc(Sc2ccncc2)c1Cl. The fourth-order valence-corrected chi connectivity index (χ4v) is 2.43. The minimum atomic E-state index is 0.579. The van der Waals surface area contributed by atoms with E-state index in [-0.39, 0.29) is 0 Å². The number of halogens is 2. The van der Waals surface area contributed by atoms with Gasteiger partial charge in [0.1, 0.15) is 0 Å². The third-order valence-corrected chi connectivity index (χ3v) is 3.79. The summed E-state index contributed by atoms with van der Waals surface area (Å²) in [6, 6.07) is 9.47. The largest absolute Gasteiger partial charge is 0.265 e. The first-order valence-corrected chi connectivity index (χ1v) is 5.86. The summed E-state index contributed by atoms with van der Waals surface area (Å²) in [5.74, 6) is 0. The predicted octanol–water partition coefficient (Wildman–Crippen LogP) is 4.54. The van der Waals surface area contributed by atoms with Gasteiger partial charge in [0.05, 0.1) is 10.0 Å². The minimum absolute atomic E-state index is 0.579. The van der Waals surface area contributed by atoms with Crippen LogP contribution in [0.25, 0.3) is 0 Å². The van der Waals surface area contributed by atoms with Crippen molar-refractivity contribution in [3.63, 3.8) is 0 Å². The Morgan fingerprint density at radius 1 is 1.00 bits per heavy atom. The average molecular weight is 256 g/mol. The Labute approximate surface area is 102 Å². The number of aromatic nitrogens is 1. The lowest BCUT2D eigenvalue weighted by molar-refractivity contribution is 1.26. The second-order valence-electron chi connectivity index (χ2n) is 2.84. The lowest BCUT2D eigenvalue weighted by Crippen LogP contribution is -1.77. The Morgan fingerprint density at radius 3 is 2.47 bits per heavy atom. The summed E-state index contributed by atoms with van der Waals surface area (Å²) in [6.07, 6.45) is 3.50. The third kappa shape index (κ3) is 2.65. The summed E-state index contributed by atoms with van der Waals surface area (Å²) in [6.45, 7) is 0. The average Bonchev–Trinajstić information content (AvgIpc) is 2.26. The Kier molecular flexibility index (Phi) is 3.52. The first-order chi connectivity index (χ1) is 7.27. The maximum atomic E-state index is 6.07. The van der Waals surface area contributed by atoms with Crippen LogP contribution in [0.5, 0.6) is 0 Å². The van der Waals surface area contributed by atoms with Gasteiger partial charge >= 0.3 is 0 Å². The molecule has 2 aromatic rings. The first-order valence-electron chi connectivity index (χ1n) is 4.29. The molecule has 2 rings (SSSR count). The summed E-state index contributed by atoms with van der Waals surface area (Å²) < 4.78 is 0. The first kappa shape index (κ1) is 10.8. The van der Waals surface area contributed by atoms with E-state index in [1.54, 1.807) is 30.2 Å². The van der Waals surface area contributed by atoms with E-state index in [4.69, 9.17) is 23.2 Å². The molecule has 0 aliphatic carbocycles. The summed E-state index contributed by atoms with van der Waals surface area (Å²) >= 11 is 13.6. The number of rotatable bonds is 2. The minimum Gasteiger partial charge on any atom is -0.265 e. The van der Waals surface area contributed by atoms with E-state index in [9.17, 15) is 0 Å². The van der Waals surface area contributed by atoms with Crippen molar-refractivity contribution in [3.8, 4) is 0 Å². The van der Waals surface area contributed by atoms with Crippen molar-refractivity contribution in [3.05, 3.63) is 52.8 Å². The van der Waals surface area contributed by atoms with Gasteiger partial charge in [0.2, 0.25) is 0 Å². The Bertz CT molecular complexity index is 459. The van der Waals surface area contributed by atoms with Crippen LogP contribution in [0.4, 0.5) is 0 Å². The number of hydrogen-bond donors (Lipinski definition) is 0. The Morgan fingerprint density at radius 2 is 1.73 bits per heavy atom. The van der Waals surface area contributed by atoms with Gasteiger partial charge in [-0.3, -0.25) is 4.98 Å². The van der Waals surface area contributed by atoms with E-state index in [1.807, 2.05) is 24.3 Å². The van der Waals surface area contributed by atoms with Crippen molar-refractivity contribution in [2.24, 2.45) is 0 Å². The van der Waals surface area contributed by atoms with E-state index in [0.717, 1.165) is 9.79 Å². The van der Waals surface area contributed by atoms with Crippen molar-refractivity contribution >= 4 is 35.0 Å². The van der Waals surface area contributed by atoms with Gasteiger partial charge in [-0.1, -0.05) is 41.0 Å². The highest BCUT2D eigenvalue weighted by Crippen LogP contribution is 2.36. The maximum Gasteiger partial charge on any atom is 0.0731 e.